The first-order valence-electron chi connectivity index (χ1n) is 10.7. The fourth-order valence-electron chi connectivity index (χ4n) is 3.50. The number of esters is 1. The van der Waals surface area contributed by atoms with Crippen molar-refractivity contribution >= 4 is 27.6 Å². The van der Waals surface area contributed by atoms with Gasteiger partial charge in [0.05, 0.1) is 11.1 Å². The van der Waals surface area contributed by atoms with Gasteiger partial charge in [0.2, 0.25) is 0 Å². The quantitative estimate of drug-likeness (QED) is 0.448. The number of nitrogens with zero attached hydrogens (tertiary/aromatic N) is 2. The SMILES string of the molecule is Cc1c(C(=O)N2CCCCC2)cc(N(COC(=O)C(C)(C)C)S(=O)(=O)C(F)(F)F)c(C)c1C. The van der Waals surface area contributed by atoms with Crippen molar-refractivity contribution in [1.29, 1.82) is 0 Å². The van der Waals surface area contributed by atoms with Gasteiger partial charge in [-0.05, 0) is 83.6 Å². The highest BCUT2D eigenvalue weighted by atomic mass is 32.2. The lowest BCUT2D eigenvalue weighted by Gasteiger charge is -2.31. The lowest BCUT2D eigenvalue weighted by Crippen LogP contribution is -2.44. The topological polar surface area (TPSA) is 84.0 Å². The second-order valence-electron chi connectivity index (χ2n) is 9.28. The van der Waals surface area contributed by atoms with Crippen LogP contribution in [0.25, 0.3) is 0 Å². The zero-order valence-electron chi connectivity index (χ0n) is 19.8. The van der Waals surface area contributed by atoms with Crippen molar-refractivity contribution in [3.8, 4) is 0 Å². The van der Waals surface area contributed by atoms with Crippen molar-refractivity contribution in [3.05, 3.63) is 28.3 Å². The lowest BCUT2D eigenvalue weighted by molar-refractivity contribution is -0.152. The Bertz CT molecular complexity index is 1020. The Morgan fingerprint density at radius 2 is 1.55 bits per heavy atom. The molecule has 0 unspecified atom stereocenters. The maximum atomic E-state index is 13.5. The fraction of sp³-hybridized carbons (Fsp3) is 0.636. The molecular formula is C22H31F3N2O5S. The van der Waals surface area contributed by atoms with Crippen LogP contribution in [0.1, 0.15) is 67.1 Å². The van der Waals surface area contributed by atoms with Gasteiger partial charge in [-0.15, -0.1) is 0 Å². The lowest BCUT2D eigenvalue weighted by atomic mass is 9.95. The number of halogens is 3. The van der Waals surface area contributed by atoms with Gasteiger partial charge in [-0.3, -0.25) is 9.59 Å². The number of hydrogen-bond acceptors (Lipinski definition) is 5. The molecule has 33 heavy (non-hydrogen) atoms. The molecule has 0 N–H and O–H groups in total. The number of carbonyl (C=O) groups excluding carboxylic acids is 2. The summed E-state index contributed by atoms with van der Waals surface area (Å²) in [7, 11) is -5.92. The summed E-state index contributed by atoms with van der Waals surface area (Å²) in [4.78, 5) is 26.9. The van der Waals surface area contributed by atoms with Crippen LogP contribution in [0.15, 0.2) is 6.07 Å². The number of piperidine rings is 1. The van der Waals surface area contributed by atoms with Crippen molar-refractivity contribution in [2.24, 2.45) is 5.41 Å². The van der Waals surface area contributed by atoms with Crippen LogP contribution < -0.4 is 4.31 Å². The molecular weight excluding hydrogens is 461 g/mol. The van der Waals surface area contributed by atoms with Crippen LogP contribution in [0, 0.1) is 26.2 Å². The Kier molecular flexibility index (Phi) is 7.77. The van der Waals surface area contributed by atoms with E-state index in [9.17, 15) is 31.2 Å². The number of rotatable bonds is 5. The van der Waals surface area contributed by atoms with E-state index >= 15 is 0 Å². The molecule has 0 radical (unpaired) electrons. The third-order valence-corrected chi connectivity index (χ3v) is 7.31. The van der Waals surface area contributed by atoms with Gasteiger partial charge in [0.1, 0.15) is 0 Å². The van der Waals surface area contributed by atoms with Gasteiger partial charge in [-0.25, -0.2) is 4.31 Å². The molecule has 0 spiro atoms. The van der Waals surface area contributed by atoms with E-state index in [0.29, 0.717) is 24.2 Å². The van der Waals surface area contributed by atoms with Gasteiger partial charge in [-0.1, -0.05) is 0 Å². The Hall–Kier alpha value is -2.30. The highest BCUT2D eigenvalue weighted by Crippen LogP contribution is 2.36. The van der Waals surface area contributed by atoms with E-state index in [-0.39, 0.29) is 27.0 Å². The van der Waals surface area contributed by atoms with Crippen LogP contribution >= 0.6 is 0 Å². The molecule has 0 aromatic heterocycles. The minimum Gasteiger partial charge on any atom is -0.443 e. The number of alkyl halides is 3. The smallest absolute Gasteiger partial charge is 0.443 e. The second-order valence-corrected chi connectivity index (χ2v) is 11.1. The molecule has 1 heterocycles. The van der Waals surface area contributed by atoms with Gasteiger partial charge in [-0.2, -0.15) is 21.6 Å². The Morgan fingerprint density at radius 1 is 1.00 bits per heavy atom. The maximum Gasteiger partial charge on any atom is 0.516 e. The van der Waals surface area contributed by atoms with Gasteiger partial charge >= 0.3 is 21.5 Å². The molecule has 0 atom stereocenters. The summed E-state index contributed by atoms with van der Waals surface area (Å²) in [6.45, 7) is 9.11. The van der Waals surface area contributed by atoms with Crippen LogP contribution in [-0.2, 0) is 19.6 Å². The number of anilines is 1. The van der Waals surface area contributed by atoms with Crippen molar-refractivity contribution < 1.29 is 35.9 Å². The first-order chi connectivity index (χ1) is 15.0. The molecule has 0 saturated carbocycles. The van der Waals surface area contributed by atoms with E-state index in [1.165, 1.54) is 27.7 Å². The molecule has 0 aliphatic carbocycles. The molecule has 1 aliphatic rings. The molecule has 1 fully saturated rings. The molecule has 1 saturated heterocycles. The van der Waals surface area contributed by atoms with Crippen LogP contribution in [0.2, 0.25) is 0 Å². The standard InChI is InChI=1S/C22H31F3N2O5S/c1-14-15(2)17(19(28)26-10-8-7-9-11-26)12-18(16(14)3)27(33(30,31)22(23,24)25)13-32-20(29)21(4,5)6/h12H,7-11,13H2,1-6H3. The highest BCUT2D eigenvalue weighted by Gasteiger charge is 2.51. The van der Waals surface area contributed by atoms with E-state index < -0.39 is 33.6 Å². The summed E-state index contributed by atoms with van der Waals surface area (Å²) in [6, 6.07) is 1.16. The second kappa shape index (κ2) is 9.52. The number of hydrogen-bond donors (Lipinski definition) is 0. The summed E-state index contributed by atoms with van der Waals surface area (Å²) in [5, 5.41) is 0. The Balaban J connectivity index is 2.63. The van der Waals surface area contributed by atoms with E-state index in [1.54, 1.807) is 18.7 Å². The summed E-state index contributed by atoms with van der Waals surface area (Å²) >= 11 is 0. The third kappa shape index (κ3) is 5.62. The molecule has 7 nitrogen and oxygen atoms in total. The van der Waals surface area contributed by atoms with Gasteiger partial charge < -0.3 is 9.64 Å². The van der Waals surface area contributed by atoms with Crippen LogP contribution in [0.3, 0.4) is 0 Å². The predicted molar refractivity (Wildman–Crippen MR) is 118 cm³/mol. The van der Waals surface area contributed by atoms with Crippen molar-refractivity contribution in [3.63, 3.8) is 0 Å². The van der Waals surface area contributed by atoms with Gasteiger partial charge in [0.25, 0.3) is 5.91 Å². The Labute approximate surface area is 192 Å². The molecule has 2 rings (SSSR count). The number of sulfonamides is 1. The van der Waals surface area contributed by atoms with E-state index in [4.69, 9.17) is 4.74 Å². The van der Waals surface area contributed by atoms with E-state index in [2.05, 4.69) is 0 Å². The van der Waals surface area contributed by atoms with Crippen molar-refractivity contribution in [2.45, 2.75) is 66.3 Å². The van der Waals surface area contributed by atoms with Crippen molar-refractivity contribution in [1.82, 2.24) is 4.90 Å². The fourth-order valence-corrected chi connectivity index (χ4v) is 4.39. The summed E-state index contributed by atoms with van der Waals surface area (Å²) in [6.07, 6.45) is 2.62. The zero-order valence-corrected chi connectivity index (χ0v) is 20.6. The van der Waals surface area contributed by atoms with Crippen LogP contribution in [0.4, 0.5) is 18.9 Å². The molecule has 1 aliphatic heterocycles. The minimum absolute atomic E-state index is 0.0192. The molecule has 1 amide bonds. The Morgan fingerprint density at radius 3 is 2.03 bits per heavy atom. The first-order valence-corrected chi connectivity index (χ1v) is 12.1. The summed E-state index contributed by atoms with van der Waals surface area (Å²) in [5.41, 5.74) is -5.63. The largest absolute Gasteiger partial charge is 0.516 e. The number of ether oxygens (including phenoxy) is 1. The molecule has 1 aromatic carbocycles. The average molecular weight is 493 g/mol. The normalized spacial score (nSPS) is 15.4. The number of benzene rings is 1. The van der Waals surface area contributed by atoms with Crippen LogP contribution in [0.5, 0.6) is 0 Å². The summed E-state index contributed by atoms with van der Waals surface area (Å²) < 4.78 is 70.5. The third-order valence-electron chi connectivity index (χ3n) is 5.84. The monoisotopic (exact) mass is 492 g/mol. The zero-order chi connectivity index (χ0) is 25.4. The van der Waals surface area contributed by atoms with Gasteiger partial charge in [0.15, 0.2) is 6.73 Å². The van der Waals surface area contributed by atoms with Crippen molar-refractivity contribution in [2.75, 3.05) is 24.1 Å². The summed E-state index contributed by atoms with van der Waals surface area (Å²) in [5.74, 6) is -1.23. The number of likely N-dealkylation sites (tertiary alicyclic amines) is 1. The number of carbonyl (C=O) groups is 2. The number of amides is 1. The minimum atomic E-state index is -5.92. The first kappa shape index (κ1) is 26.9. The molecule has 186 valence electrons. The highest BCUT2D eigenvalue weighted by molar-refractivity contribution is 7.93. The van der Waals surface area contributed by atoms with Gasteiger partial charge in [0, 0.05) is 18.7 Å². The molecule has 0 bridgehead atoms. The predicted octanol–water partition coefficient (Wildman–Crippen LogP) is 4.44. The van der Waals surface area contributed by atoms with Crippen LogP contribution in [-0.4, -0.2) is 50.5 Å². The molecule has 11 heteroatoms. The molecule has 1 aromatic rings. The van der Waals surface area contributed by atoms with E-state index in [1.807, 2.05) is 0 Å². The maximum absolute atomic E-state index is 13.5. The van der Waals surface area contributed by atoms with E-state index in [0.717, 1.165) is 25.3 Å². The average Bonchev–Trinajstić information content (AvgIpc) is 2.72.